The SMILES string of the molecule is Cc1ccsc1C(=O)N1CCC1. The van der Waals surface area contributed by atoms with Gasteiger partial charge in [0.25, 0.3) is 5.91 Å². The molecule has 0 aromatic carbocycles. The molecule has 2 nitrogen and oxygen atoms in total. The lowest BCUT2D eigenvalue weighted by Gasteiger charge is -2.30. The fourth-order valence-electron chi connectivity index (χ4n) is 1.25. The predicted molar refractivity (Wildman–Crippen MR) is 49.6 cm³/mol. The molecule has 1 aliphatic heterocycles. The van der Waals surface area contributed by atoms with Gasteiger partial charge >= 0.3 is 0 Å². The van der Waals surface area contributed by atoms with E-state index in [1.807, 2.05) is 23.3 Å². The predicted octanol–water partition coefficient (Wildman–Crippen LogP) is 1.90. The minimum atomic E-state index is 0.216. The summed E-state index contributed by atoms with van der Waals surface area (Å²) in [5.41, 5.74) is 1.11. The van der Waals surface area contributed by atoms with E-state index in [1.54, 1.807) is 11.3 Å². The first-order valence-electron chi connectivity index (χ1n) is 4.12. The van der Waals surface area contributed by atoms with Gasteiger partial charge < -0.3 is 4.90 Å². The van der Waals surface area contributed by atoms with Crippen molar-refractivity contribution in [3.05, 3.63) is 21.9 Å². The van der Waals surface area contributed by atoms with E-state index >= 15 is 0 Å². The molecule has 0 aliphatic carbocycles. The molecule has 0 atom stereocenters. The van der Waals surface area contributed by atoms with E-state index in [4.69, 9.17) is 0 Å². The third-order valence-electron chi connectivity index (χ3n) is 2.20. The summed E-state index contributed by atoms with van der Waals surface area (Å²) in [6.07, 6.45) is 1.16. The quantitative estimate of drug-likeness (QED) is 0.648. The highest BCUT2D eigenvalue weighted by molar-refractivity contribution is 7.12. The van der Waals surface area contributed by atoms with Gasteiger partial charge in [-0.2, -0.15) is 0 Å². The molecule has 0 bridgehead atoms. The third kappa shape index (κ3) is 1.14. The fourth-order valence-corrected chi connectivity index (χ4v) is 2.15. The number of nitrogens with zero attached hydrogens (tertiary/aromatic N) is 1. The lowest BCUT2D eigenvalue weighted by molar-refractivity contribution is 0.0656. The van der Waals surface area contributed by atoms with E-state index < -0.39 is 0 Å². The molecule has 1 aromatic heterocycles. The summed E-state index contributed by atoms with van der Waals surface area (Å²) in [6, 6.07) is 2.00. The van der Waals surface area contributed by atoms with E-state index in [0.717, 1.165) is 30.0 Å². The molecule has 12 heavy (non-hydrogen) atoms. The number of thiophene rings is 1. The van der Waals surface area contributed by atoms with Gasteiger partial charge in [0, 0.05) is 13.1 Å². The van der Waals surface area contributed by atoms with Gasteiger partial charge in [0.15, 0.2) is 0 Å². The second-order valence-electron chi connectivity index (χ2n) is 3.08. The minimum absolute atomic E-state index is 0.216. The van der Waals surface area contributed by atoms with Crippen LogP contribution < -0.4 is 0 Å². The Hall–Kier alpha value is -0.830. The number of hydrogen-bond acceptors (Lipinski definition) is 2. The van der Waals surface area contributed by atoms with Gasteiger partial charge in [0.05, 0.1) is 4.88 Å². The molecule has 0 N–H and O–H groups in total. The van der Waals surface area contributed by atoms with Crippen LogP contribution in [0, 0.1) is 6.92 Å². The maximum absolute atomic E-state index is 11.6. The van der Waals surface area contributed by atoms with Gasteiger partial charge in [0.1, 0.15) is 0 Å². The van der Waals surface area contributed by atoms with Crippen LogP contribution in [0.25, 0.3) is 0 Å². The van der Waals surface area contributed by atoms with Crippen molar-refractivity contribution in [1.29, 1.82) is 0 Å². The Morgan fingerprint density at radius 2 is 2.33 bits per heavy atom. The van der Waals surface area contributed by atoms with Crippen LogP contribution in [0.5, 0.6) is 0 Å². The van der Waals surface area contributed by atoms with Gasteiger partial charge in [-0.05, 0) is 30.4 Å². The van der Waals surface area contributed by atoms with Crippen LogP contribution in [0.4, 0.5) is 0 Å². The summed E-state index contributed by atoms with van der Waals surface area (Å²) in [7, 11) is 0. The highest BCUT2D eigenvalue weighted by atomic mass is 32.1. The molecule has 1 fully saturated rings. The van der Waals surface area contributed by atoms with Crippen molar-refractivity contribution in [2.45, 2.75) is 13.3 Å². The summed E-state index contributed by atoms with van der Waals surface area (Å²) in [6.45, 7) is 3.87. The molecule has 3 heteroatoms. The van der Waals surface area contributed by atoms with Crippen molar-refractivity contribution < 1.29 is 4.79 Å². The Balaban J connectivity index is 2.19. The number of amides is 1. The van der Waals surface area contributed by atoms with Crippen molar-refractivity contribution in [2.24, 2.45) is 0 Å². The second kappa shape index (κ2) is 2.90. The third-order valence-corrected chi connectivity index (χ3v) is 3.20. The summed E-state index contributed by atoms with van der Waals surface area (Å²) in [5.74, 6) is 0.216. The molecule has 64 valence electrons. The van der Waals surface area contributed by atoms with E-state index in [0.29, 0.717) is 0 Å². The molecule has 2 heterocycles. The minimum Gasteiger partial charge on any atom is -0.338 e. The molecule has 2 rings (SSSR count). The molecular weight excluding hydrogens is 170 g/mol. The van der Waals surface area contributed by atoms with Crippen molar-refractivity contribution in [3.63, 3.8) is 0 Å². The van der Waals surface area contributed by atoms with Crippen LogP contribution in [0.1, 0.15) is 21.7 Å². The normalized spacial score (nSPS) is 15.9. The molecule has 1 saturated heterocycles. The van der Waals surface area contributed by atoms with Gasteiger partial charge in [-0.15, -0.1) is 11.3 Å². The number of likely N-dealkylation sites (tertiary alicyclic amines) is 1. The van der Waals surface area contributed by atoms with Gasteiger partial charge in [-0.25, -0.2) is 0 Å². The topological polar surface area (TPSA) is 20.3 Å². The highest BCUT2D eigenvalue weighted by Crippen LogP contribution is 2.20. The van der Waals surface area contributed by atoms with E-state index in [9.17, 15) is 4.79 Å². The smallest absolute Gasteiger partial charge is 0.264 e. The number of aryl methyl sites for hydroxylation is 1. The van der Waals surface area contributed by atoms with Crippen LogP contribution in [0.15, 0.2) is 11.4 Å². The lowest BCUT2D eigenvalue weighted by atomic mass is 10.2. The first kappa shape index (κ1) is 7.80. The average Bonchev–Trinajstić information content (AvgIpc) is 2.31. The first-order chi connectivity index (χ1) is 5.79. The number of hydrogen-bond donors (Lipinski definition) is 0. The Bertz CT molecular complexity index is 301. The zero-order chi connectivity index (χ0) is 8.55. The maximum Gasteiger partial charge on any atom is 0.264 e. The van der Waals surface area contributed by atoms with Crippen LogP contribution in [0.3, 0.4) is 0 Å². The molecule has 1 amide bonds. The monoisotopic (exact) mass is 181 g/mol. The van der Waals surface area contributed by atoms with Crippen LogP contribution in [-0.2, 0) is 0 Å². The molecular formula is C9H11NOS. The van der Waals surface area contributed by atoms with E-state index in [2.05, 4.69) is 0 Å². The van der Waals surface area contributed by atoms with E-state index in [1.165, 1.54) is 0 Å². The number of carbonyl (C=O) groups is 1. The number of rotatable bonds is 1. The maximum atomic E-state index is 11.6. The van der Waals surface area contributed by atoms with Crippen LogP contribution in [-0.4, -0.2) is 23.9 Å². The molecule has 0 saturated carbocycles. The Kier molecular flexibility index (Phi) is 1.89. The summed E-state index contributed by atoms with van der Waals surface area (Å²) in [5, 5.41) is 1.97. The molecule has 1 aliphatic rings. The zero-order valence-electron chi connectivity index (χ0n) is 7.04. The van der Waals surface area contributed by atoms with E-state index in [-0.39, 0.29) is 5.91 Å². The molecule has 0 spiro atoms. The first-order valence-corrected chi connectivity index (χ1v) is 5.00. The van der Waals surface area contributed by atoms with Crippen molar-refractivity contribution in [1.82, 2.24) is 4.90 Å². The second-order valence-corrected chi connectivity index (χ2v) is 3.99. The largest absolute Gasteiger partial charge is 0.338 e. The molecule has 1 aromatic rings. The van der Waals surface area contributed by atoms with Crippen molar-refractivity contribution in [2.75, 3.05) is 13.1 Å². The Morgan fingerprint density at radius 3 is 2.75 bits per heavy atom. The summed E-state index contributed by atoms with van der Waals surface area (Å²) in [4.78, 5) is 14.5. The Labute approximate surface area is 75.8 Å². The molecule has 0 unspecified atom stereocenters. The standard InChI is InChI=1S/C9H11NOS/c1-7-3-6-12-8(7)9(11)10-4-2-5-10/h3,6H,2,4-5H2,1H3. The average molecular weight is 181 g/mol. The molecule has 0 radical (unpaired) electrons. The Morgan fingerprint density at radius 1 is 1.58 bits per heavy atom. The van der Waals surface area contributed by atoms with Gasteiger partial charge in [-0.1, -0.05) is 0 Å². The summed E-state index contributed by atoms with van der Waals surface area (Å²) >= 11 is 1.54. The van der Waals surface area contributed by atoms with Crippen molar-refractivity contribution in [3.8, 4) is 0 Å². The summed E-state index contributed by atoms with van der Waals surface area (Å²) < 4.78 is 0. The van der Waals surface area contributed by atoms with Gasteiger partial charge in [-0.3, -0.25) is 4.79 Å². The van der Waals surface area contributed by atoms with Crippen molar-refractivity contribution >= 4 is 17.2 Å². The van der Waals surface area contributed by atoms with Gasteiger partial charge in [0.2, 0.25) is 0 Å². The lowest BCUT2D eigenvalue weighted by Crippen LogP contribution is -2.41. The zero-order valence-corrected chi connectivity index (χ0v) is 7.86. The fraction of sp³-hybridized carbons (Fsp3) is 0.444. The highest BCUT2D eigenvalue weighted by Gasteiger charge is 2.23. The van der Waals surface area contributed by atoms with Crippen LogP contribution in [0.2, 0.25) is 0 Å². The van der Waals surface area contributed by atoms with Crippen LogP contribution >= 0.6 is 11.3 Å². The number of carbonyl (C=O) groups excluding carboxylic acids is 1.